The summed E-state index contributed by atoms with van der Waals surface area (Å²) in [6.45, 7) is 7.21. The third kappa shape index (κ3) is 2.28. The van der Waals surface area contributed by atoms with Crippen LogP contribution in [-0.2, 0) is 14.3 Å². The van der Waals surface area contributed by atoms with Crippen LogP contribution in [0.4, 0.5) is 0 Å². The molecule has 2 fully saturated rings. The molecule has 0 aromatic carbocycles. The molecule has 1 aliphatic carbocycles. The maximum Gasteiger partial charge on any atom is 0.222 e. The van der Waals surface area contributed by atoms with Crippen molar-refractivity contribution < 1.29 is 14.3 Å². The van der Waals surface area contributed by atoms with E-state index in [0.29, 0.717) is 6.42 Å². The minimum atomic E-state index is -0.130. The molecule has 104 valence electrons. The lowest BCUT2D eigenvalue weighted by Gasteiger charge is -2.59. The number of carbonyl (C=O) groups excluding carboxylic acids is 1. The largest absolute Gasteiger partial charge is 0.378 e. The molecule has 1 aliphatic heterocycles. The summed E-state index contributed by atoms with van der Waals surface area (Å²) in [7, 11) is 1.74. The number of hydrogen-bond donors (Lipinski definition) is 1. The quantitative estimate of drug-likeness (QED) is 0.834. The lowest BCUT2D eigenvalue weighted by molar-refractivity contribution is -0.182. The fourth-order valence-corrected chi connectivity index (χ4v) is 2.99. The SMILES string of the molecule is CO[C@]1(C)C[C@H](NC(=O)C[C@@H]2CCCO2)C1(C)C. The van der Waals surface area contributed by atoms with Gasteiger partial charge in [0.2, 0.25) is 5.91 Å². The van der Waals surface area contributed by atoms with Gasteiger partial charge in [0.25, 0.3) is 0 Å². The summed E-state index contributed by atoms with van der Waals surface area (Å²) in [5.74, 6) is 0.109. The molecule has 4 heteroatoms. The fraction of sp³-hybridized carbons (Fsp3) is 0.929. The molecule has 1 N–H and O–H groups in total. The van der Waals surface area contributed by atoms with Gasteiger partial charge in [0.15, 0.2) is 0 Å². The zero-order valence-corrected chi connectivity index (χ0v) is 11.9. The summed E-state index contributed by atoms with van der Waals surface area (Å²) in [5.41, 5.74) is -0.150. The van der Waals surface area contributed by atoms with Crippen LogP contribution in [0.1, 0.15) is 46.5 Å². The minimum Gasteiger partial charge on any atom is -0.378 e. The molecule has 2 aliphatic rings. The first-order valence-electron chi connectivity index (χ1n) is 6.85. The molecule has 0 aromatic rings. The van der Waals surface area contributed by atoms with Crippen LogP contribution < -0.4 is 5.32 Å². The van der Waals surface area contributed by atoms with E-state index in [0.717, 1.165) is 25.9 Å². The van der Waals surface area contributed by atoms with Gasteiger partial charge >= 0.3 is 0 Å². The van der Waals surface area contributed by atoms with Crippen LogP contribution in [0, 0.1) is 5.41 Å². The van der Waals surface area contributed by atoms with Gasteiger partial charge in [-0.3, -0.25) is 4.79 Å². The first-order valence-corrected chi connectivity index (χ1v) is 6.85. The molecule has 0 radical (unpaired) electrons. The maximum absolute atomic E-state index is 12.0. The number of hydrogen-bond acceptors (Lipinski definition) is 3. The minimum absolute atomic E-state index is 0.0199. The van der Waals surface area contributed by atoms with Gasteiger partial charge in [-0.25, -0.2) is 0 Å². The lowest BCUT2D eigenvalue weighted by atomic mass is 9.56. The normalized spacial score (nSPS) is 38.2. The highest BCUT2D eigenvalue weighted by molar-refractivity contribution is 5.77. The third-order valence-corrected chi connectivity index (χ3v) is 5.05. The van der Waals surface area contributed by atoms with Crippen molar-refractivity contribution in [2.45, 2.75) is 64.2 Å². The molecule has 1 saturated carbocycles. The van der Waals surface area contributed by atoms with Crippen molar-refractivity contribution >= 4 is 5.91 Å². The van der Waals surface area contributed by atoms with Gasteiger partial charge in [-0.1, -0.05) is 13.8 Å². The Hall–Kier alpha value is -0.610. The smallest absolute Gasteiger partial charge is 0.222 e. The van der Waals surface area contributed by atoms with Gasteiger partial charge in [-0.15, -0.1) is 0 Å². The molecule has 18 heavy (non-hydrogen) atoms. The maximum atomic E-state index is 12.0. The van der Waals surface area contributed by atoms with E-state index in [4.69, 9.17) is 9.47 Å². The van der Waals surface area contributed by atoms with Crippen LogP contribution in [0.2, 0.25) is 0 Å². The Labute approximate surface area is 109 Å². The molecule has 0 bridgehead atoms. The average Bonchev–Trinajstić information content (AvgIpc) is 2.80. The van der Waals surface area contributed by atoms with Crippen LogP contribution in [0.15, 0.2) is 0 Å². The van der Waals surface area contributed by atoms with Crippen molar-refractivity contribution in [1.29, 1.82) is 0 Å². The van der Waals surface area contributed by atoms with Crippen molar-refractivity contribution in [3.63, 3.8) is 0 Å². The molecule has 0 aromatic heterocycles. The Morgan fingerprint density at radius 2 is 2.17 bits per heavy atom. The highest BCUT2D eigenvalue weighted by Gasteiger charge is 2.58. The Bertz CT molecular complexity index is 323. The fourth-order valence-electron chi connectivity index (χ4n) is 2.99. The number of nitrogens with one attached hydrogen (secondary N) is 1. The monoisotopic (exact) mass is 255 g/mol. The molecule has 2 rings (SSSR count). The Kier molecular flexibility index (Phi) is 3.70. The summed E-state index contributed by atoms with van der Waals surface area (Å²) in [4.78, 5) is 12.0. The average molecular weight is 255 g/mol. The van der Waals surface area contributed by atoms with Gasteiger partial charge in [0.05, 0.1) is 18.1 Å². The van der Waals surface area contributed by atoms with Crippen LogP contribution >= 0.6 is 0 Å². The predicted octanol–water partition coefficient (Wildman–Crippen LogP) is 1.88. The van der Waals surface area contributed by atoms with Crippen LogP contribution in [0.5, 0.6) is 0 Å². The van der Waals surface area contributed by atoms with Gasteiger partial charge in [0, 0.05) is 25.2 Å². The second-order valence-corrected chi connectivity index (χ2v) is 6.32. The van der Waals surface area contributed by atoms with E-state index in [1.165, 1.54) is 0 Å². The van der Waals surface area contributed by atoms with Crippen LogP contribution in [0.25, 0.3) is 0 Å². The Morgan fingerprint density at radius 1 is 1.44 bits per heavy atom. The van der Waals surface area contributed by atoms with Gasteiger partial charge in [-0.05, 0) is 26.2 Å². The number of methoxy groups -OCH3 is 1. The van der Waals surface area contributed by atoms with Crippen molar-refractivity contribution in [3.8, 4) is 0 Å². The molecular weight excluding hydrogens is 230 g/mol. The van der Waals surface area contributed by atoms with Crippen molar-refractivity contribution in [3.05, 3.63) is 0 Å². The highest BCUT2D eigenvalue weighted by Crippen LogP contribution is 2.51. The molecule has 1 saturated heterocycles. The Morgan fingerprint density at radius 3 is 2.67 bits per heavy atom. The van der Waals surface area contributed by atoms with Crippen molar-refractivity contribution in [2.75, 3.05) is 13.7 Å². The second kappa shape index (κ2) is 4.82. The first kappa shape index (κ1) is 13.8. The van der Waals surface area contributed by atoms with E-state index in [9.17, 15) is 4.79 Å². The predicted molar refractivity (Wildman–Crippen MR) is 69.3 cm³/mol. The molecule has 1 heterocycles. The van der Waals surface area contributed by atoms with Crippen LogP contribution in [-0.4, -0.2) is 37.4 Å². The number of rotatable bonds is 4. The van der Waals surface area contributed by atoms with E-state index in [1.807, 2.05) is 0 Å². The van der Waals surface area contributed by atoms with Crippen molar-refractivity contribution in [1.82, 2.24) is 5.32 Å². The molecule has 0 spiro atoms. The topological polar surface area (TPSA) is 47.6 Å². The van der Waals surface area contributed by atoms with E-state index >= 15 is 0 Å². The standard InChI is InChI=1S/C14H25NO3/c1-13(2)11(9-14(13,3)17-4)15-12(16)8-10-6-5-7-18-10/h10-11H,5-9H2,1-4H3,(H,15,16)/t10-,11-,14+/m0/s1. The summed E-state index contributed by atoms with van der Waals surface area (Å²) in [6, 6.07) is 0.205. The zero-order chi connectivity index (χ0) is 13.4. The number of ether oxygens (including phenoxy) is 2. The summed E-state index contributed by atoms with van der Waals surface area (Å²) in [6.07, 6.45) is 3.60. The highest BCUT2D eigenvalue weighted by atomic mass is 16.5. The third-order valence-electron chi connectivity index (χ3n) is 5.05. The van der Waals surface area contributed by atoms with Gasteiger partial charge < -0.3 is 14.8 Å². The number of carbonyl (C=O) groups is 1. The Balaban J connectivity index is 1.82. The van der Waals surface area contributed by atoms with E-state index in [2.05, 4.69) is 26.1 Å². The van der Waals surface area contributed by atoms with Crippen LogP contribution in [0.3, 0.4) is 0 Å². The summed E-state index contributed by atoms with van der Waals surface area (Å²) >= 11 is 0. The second-order valence-electron chi connectivity index (χ2n) is 6.32. The van der Waals surface area contributed by atoms with E-state index in [-0.39, 0.29) is 29.1 Å². The van der Waals surface area contributed by atoms with E-state index in [1.54, 1.807) is 7.11 Å². The lowest BCUT2D eigenvalue weighted by Crippen LogP contribution is -2.68. The first-order chi connectivity index (χ1) is 8.39. The zero-order valence-electron chi connectivity index (χ0n) is 11.9. The van der Waals surface area contributed by atoms with Gasteiger partial charge in [0.1, 0.15) is 0 Å². The molecule has 4 nitrogen and oxygen atoms in total. The molecule has 1 amide bonds. The van der Waals surface area contributed by atoms with Gasteiger partial charge in [-0.2, -0.15) is 0 Å². The molecule has 0 unspecified atom stereocenters. The molecular formula is C14H25NO3. The van der Waals surface area contributed by atoms with E-state index < -0.39 is 0 Å². The summed E-state index contributed by atoms with van der Waals surface area (Å²) in [5, 5.41) is 3.12. The van der Waals surface area contributed by atoms with Crippen molar-refractivity contribution in [2.24, 2.45) is 5.41 Å². The number of amides is 1. The summed E-state index contributed by atoms with van der Waals surface area (Å²) < 4.78 is 11.0. The molecule has 3 atom stereocenters.